The summed E-state index contributed by atoms with van der Waals surface area (Å²) >= 11 is 0. The summed E-state index contributed by atoms with van der Waals surface area (Å²) in [5.74, 6) is 1.02. The lowest BCUT2D eigenvalue weighted by Gasteiger charge is -2.23. The first-order chi connectivity index (χ1) is 9.79. The van der Waals surface area contributed by atoms with Gasteiger partial charge in [0.15, 0.2) is 0 Å². The minimum absolute atomic E-state index is 0.0642. The van der Waals surface area contributed by atoms with Crippen molar-refractivity contribution in [2.45, 2.75) is 33.3 Å². The standard InChI is InChI=1S/C15H19N3O3/c1-9-5-13(18-8-17-9)14(19)16-7-15(4,20)12-6-10(2)21-11(12)3/h5-6,8,20H,7H2,1-4H3,(H,16,19). The van der Waals surface area contributed by atoms with E-state index in [1.54, 1.807) is 32.9 Å². The van der Waals surface area contributed by atoms with Gasteiger partial charge in [-0.1, -0.05) is 0 Å². The fourth-order valence-electron chi connectivity index (χ4n) is 2.18. The van der Waals surface area contributed by atoms with Crippen LogP contribution in [0.15, 0.2) is 22.9 Å². The van der Waals surface area contributed by atoms with Gasteiger partial charge in [0.1, 0.15) is 29.1 Å². The van der Waals surface area contributed by atoms with Crippen LogP contribution in [0.1, 0.15) is 40.2 Å². The van der Waals surface area contributed by atoms with Gasteiger partial charge >= 0.3 is 0 Å². The molecule has 6 nitrogen and oxygen atoms in total. The van der Waals surface area contributed by atoms with Gasteiger partial charge in [0.25, 0.3) is 5.91 Å². The lowest BCUT2D eigenvalue weighted by molar-refractivity contribution is 0.0512. The summed E-state index contributed by atoms with van der Waals surface area (Å²) in [7, 11) is 0. The quantitative estimate of drug-likeness (QED) is 0.893. The van der Waals surface area contributed by atoms with E-state index in [1.807, 2.05) is 6.92 Å². The highest BCUT2D eigenvalue weighted by Crippen LogP contribution is 2.26. The van der Waals surface area contributed by atoms with Crippen molar-refractivity contribution < 1.29 is 14.3 Å². The minimum atomic E-state index is -1.21. The largest absolute Gasteiger partial charge is 0.466 e. The molecule has 21 heavy (non-hydrogen) atoms. The molecule has 0 saturated carbocycles. The molecule has 2 rings (SSSR count). The van der Waals surface area contributed by atoms with E-state index in [4.69, 9.17) is 4.42 Å². The number of aliphatic hydroxyl groups is 1. The Morgan fingerprint density at radius 2 is 2.05 bits per heavy atom. The van der Waals surface area contributed by atoms with Crippen LogP contribution in [-0.4, -0.2) is 27.5 Å². The van der Waals surface area contributed by atoms with E-state index >= 15 is 0 Å². The number of nitrogens with one attached hydrogen (secondary N) is 1. The predicted octanol–water partition coefficient (Wildman–Crippen LogP) is 1.63. The van der Waals surface area contributed by atoms with Crippen molar-refractivity contribution in [3.8, 4) is 0 Å². The second-order valence-electron chi connectivity index (χ2n) is 5.33. The van der Waals surface area contributed by atoms with Gasteiger partial charge in [-0.25, -0.2) is 9.97 Å². The van der Waals surface area contributed by atoms with E-state index in [1.165, 1.54) is 6.33 Å². The molecule has 2 N–H and O–H groups in total. The second kappa shape index (κ2) is 5.65. The van der Waals surface area contributed by atoms with Gasteiger partial charge < -0.3 is 14.8 Å². The molecule has 2 aromatic rings. The van der Waals surface area contributed by atoms with Crippen LogP contribution in [0.5, 0.6) is 0 Å². The van der Waals surface area contributed by atoms with Gasteiger partial charge in [-0.2, -0.15) is 0 Å². The molecule has 0 aromatic carbocycles. The molecule has 6 heteroatoms. The number of carbonyl (C=O) groups is 1. The van der Waals surface area contributed by atoms with Gasteiger partial charge in [-0.3, -0.25) is 4.79 Å². The molecule has 0 spiro atoms. The highest BCUT2D eigenvalue weighted by molar-refractivity contribution is 5.92. The molecule has 1 amide bonds. The van der Waals surface area contributed by atoms with Crippen molar-refractivity contribution in [2.75, 3.05) is 6.54 Å². The number of carbonyl (C=O) groups excluding carboxylic acids is 1. The second-order valence-corrected chi connectivity index (χ2v) is 5.33. The third-order valence-electron chi connectivity index (χ3n) is 3.25. The Hall–Kier alpha value is -2.21. The molecule has 2 heterocycles. The number of furan rings is 1. The van der Waals surface area contributed by atoms with E-state index in [0.29, 0.717) is 17.0 Å². The van der Waals surface area contributed by atoms with E-state index in [2.05, 4.69) is 15.3 Å². The van der Waals surface area contributed by atoms with Crippen LogP contribution in [0.25, 0.3) is 0 Å². The normalized spacial score (nSPS) is 13.8. The minimum Gasteiger partial charge on any atom is -0.466 e. The monoisotopic (exact) mass is 289 g/mol. The Kier molecular flexibility index (Phi) is 4.09. The van der Waals surface area contributed by atoms with Crippen LogP contribution in [0.4, 0.5) is 0 Å². The third kappa shape index (κ3) is 3.46. The van der Waals surface area contributed by atoms with E-state index in [9.17, 15) is 9.90 Å². The Morgan fingerprint density at radius 3 is 2.62 bits per heavy atom. The van der Waals surface area contributed by atoms with Gasteiger partial charge in [0, 0.05) is 11.3 Å². The first kappa shape index (κ1) is 15.2. The maximum Gasteiger partial charge on any atom is 0.270 e. The van der Waals surface area contributed by atoms with Gasteiger partial charge in [-0.05, 0) is 39.8 Å². The average Bonchev–Trinajstić information content (AvgIpc) is 2.76. The molecular formula is C15H19N3O3. The Balaban J connectivity index is 2.08. The Bertz CT molecular complexity index is 662. The summed E-state index contributed by atoms with van der Waals surface area (Å²) < 4.78 is 5.41. The highest BCUT2D eigenvalue weighted by Gasteiger charge is 2.28. The smallest absolute Gasteiger partial charge is 0.270 e. The van der Waals surface area contributed by atoms with E-state index in [-0.39, 0.29) is 18.1 Å². The van der Waals surface area contributed by atoms with Crippen LogP contribution in [-0.2, 0) is 5.60 Å². The molecule has 2 aromatic heterocycles. The van der Waals surface area contributed by atoms with Gasteiger partial charge in [-0.15, -0.1) is 0 Å². The molecule has 112 valence electrons. The van der Waals surface area contributed by atoms with Gasteiger partial charge in [0.2, 0.25) is 0 Å². The number of hydrogen-bond donors (Lipinski definition) is 2. The number of rotatable bonds is 4. The molecule has 1 atom stereocenters. The molecule has 0 aliphatic carbocycles. The topological polar surface area (TPSA) is 88.2 Å². The number of amides is 1. The fraction of sp³-hybridized carbons (Fsp3) is 0.400. The first-order valence-electron chi connectivity index (χ1n) is 6.66. The number of aryl methyl sites for hydroxylation is 3. The number of aromatic nitrogens is 2. The zero-order valence-corrected chi connectivity index (χ0v) is 12.6. The van der Waals surface area contributed by atoms with Crippen molar-refractivity contribution in [1.82, 2.24) is 15.3 Å². The van der Waals surface area contributed by atoms with Crippen molar-refractivity contribution in [3.63, 3.8) is 0 Å². The molecular weight excluding hydrogens is 270 g/mol. The Labute approximate surface area is 123 Å². The van der Waals surface area contributed by atoms with Crippen LogP contribution in [0, 0.1) is 20.8 Å². The molecule has 0 radical (unpaired) electrons. The van der Waals surface area contributed by atoms with Crippen molar-refractivity contribution >= 4 is 5.91 Å². The summed E-state index contributed by atoms with van der Waals surface area (Å²) in [5.41, 5.74) is 0.445. The molecule has 0 saturated heterocycles. The zero-order chi connectivity index (χ0) is 15.6. The van der Waals surface area contributed by atoms with Crippen LogP contribution >= 0.6 is 0 Å². The predicted molar refractivity (Wildman–Crippen MR) is 76.9 cm³/mol. The van der Waals surface area contributed by atoms with Crippen molar-refractivity contribution in [2.24, 2.45) is 0 Å². The number of nitrogens with zero attached hydrogens (tertiary/aromatic N) is 2. The lowest BCUT2D eigenvalue weighted by atomic mass is 9.96. The Morgan fingerprint density at radius 1 is 1.33 bits per heavy atom. The molecule has 0 aliphatic rings. The van der Waals surface area contributed by atoms with Crippen LogP contribution < -0.4 is 5.32 Å². The lowest BCUT2D eigenvalue weighted by Crippen LogP contribution is -2.39. The third-order valence-corrected chi connectivity index (χ3v) is 3.25. The van der Waals surface area contributed by atoms with Crippen LogP contribution in [0.2, 0.25) is 0 Å². The molecule has 1 unspecified atom stereocenters. The fourth-order valence-corrected chi connectivity index (χ4v) is 2.18. The summed E-state index contributed by atoms with van der Waals surface area (Å²) in [6, 6.07) is 3.37. The molecule has 0 aliphatic heterocycles. The molecule has 0 fully saturated rings. The summed E-state index contributed by atoms with van der Waals surface area (Å²) in [6.07, 6.45) is 1.34. The summed E-state index contributed by atoms with van der Waals surface area (Å²) in [6.45, 7) is 7.08. The van der Waals surface area contributed by atoms with Crippen LogP contribution in [0.3, 0.4) is 0 Å². The first-order valence-corrected chi connectivity index (χ1v) is 6.66. The summed E-state index contributed by atoms with van der Waals surface area (Å²) in [5, 5.41) is 13.2. The van der Waals surface area contributed by atoms with Crippen molar-refractivity contribution in [3.05, 3.63) is 46.9 Å². The SMILES string of the molecule is Cc1cc(C(=O)NCC(C)(O)c2cc(C)oc2C)ncn1. The zero-order valence-electron chi connectivity index (χ0n) is 12.6. The van der Waals surface area contributed by atoms with E-state index < -0.39 is 5.60 Å². The van der Waals surface area contributed by atoms with E-state index in [0.717, 1.165) is 5.76 Å². The molecule has 0 bridgehead atoms. The van der Waals surface area contributed by atoms with Gasteiger partial charge in [0.05, 0.1) is 6.54 Å². The maximum absolute atomic E-state index is 12.0. The van der Waals surface area contributed by atoms with Crippen molar-refractivity contribution in [1.29, 1.82) is 0 Å². The summed E-state index contributed by atoms with van der Waals surface area (Å²) in [4.78, 5) is 19.9. The maximum atomic E-state index is 12.0. The average molecular weight is 289 g/mol. The number of hydrogen-bond acceptors (Lipinski definition) is 5. The highest BCUT2D eigenvalue weighted by atomic mass is 16.3.